The molecule has 130 valence electrons. The predicted octanol–water partition coefficient (Wildman–Crippen LogP) is 2.72. The molecule has 1 saturated heterocycles. The predicted molar refractivity (Wildman–Crippen MR) is 97.7 cm³/mol. The highest BCUT2D eigenvalue weighted by Crippen LogP contribution is 2.29. The van der Waals surface area contributed by atoms with Gasteiger partial charge in [-0.25, -0.2) is 4.52 Å². The van der Waals surface area contributed by atoms with Gasteiger partial charge in [-0.05, 0) is 50.1 Å². The van der Waals surface area contributed by atoms with Crippen molar-refractivity contribution in [2.45, 2.75) is 25.7 Å². The number of ether oxygens (including phenoxy) is 1. The molecule has 1 fully saturated rings. The van der Waals surface area contributed by atoms with Gasteiger partial charge in [0, 0.05) is 36.6 Å². The Balaban J connectivity index is 1.50. The van der Waals surface area contributed by atoms with Gasteiger partial charge in [-0.1, -0.05) is 0 Å². The number of aryl methyl sites for hydroxylation is 1. The molecule has 1 aromatic carbocycles. The van der Waals surface area contributed by atoms with Crippen LogP contribution in [0.15, 0.2) is 41.3 Å². The number of benzene rings is 1. The summed E-state index contributed by atoms with van der Waals surface area (Å²) in [6, 6.07) is 9.99. The van der Waals surface area contributed by atoms with E-state index in [2.05, 4.69) is 27.1 Å². The van der Waals surface area contributed by atoms with Gasteiger partial charge in [-0.2, -0.15) is 5.10 Å². The second-order valence-electron chi connectivity index (χ2n) is 6.61. The summed E-state index contributed by atoms with van der Waals surface area (Å²) in [6.07, 6.45) is 3.99. The Labute approximate surface area is 146 Å². The third-order valence-corrected chi connectivity index (χ3v) is 4.98. The van der Waals surface area contributed by atoms with Crippen molar-refractivity contribution >= 4 is 11.2 Å². The summed E-state index contributed by atoms with van der Waals surface area (Å²) in [7, 11) is 1.68. The molecule has 0 radical (unpaired) electrons. The average Bonchev–Trinajstić information content (AvgIpc) is 3.03. The number of aromatic amines is 1. The Morgan fingerprint density at radius 1 is 1.20 bits per heavy atom. The normalized spacial score (nSPS) is 15.7. The number of piperidine rings is 1. The van der Waals surface area contributed by atoms with E-state index in [1.165, 1.54) is 5.69 Å². The van der Waals surface area contributed by atoms with Crippen molar-refractivity contribution in [1.82, 2.24) is 14.6 Å². The van der Waals surface area contributed by atoms with Crippen LogP contribution in [-0.4, -0.2) is 34.8 Å². The first-order chi connectivity index (χ1) is 12.1. The van der Waals surface area contributed by atoms with Gasteiger partial charge < -0.3 is 14.6 Å². The largest absolute Gasteiger partial charge is 0.497 e. The van der Waals surface area contributed by atoms with Crippen LogP contribution in [0, 0.1) is 6.92 Å². The summed E-state index contributed by atoms with van der Waals surface area (Å²) in [5.41, 5.74) is 3.60. The zero-order valence-corrected chi connectivity index (χ0v) is 14.5. The molecule has 0 bridgehead atoms. The zero-order chi connectivity index (χ0) is 17.4. The Bertz CT molecular complexity index is 934. The van der Waals surface area contributed by atoms with Crippen molar-refractivity contribution in [2.75, 3.05) is 25.1 Å². The van der Waals surface area contributed by atoms with E-state index in [1.807, 2.05) is 31.3 Å². The summed E-state index contributed by atoms with van der Waals surface area (Å²) in [4.78, 5) is 17.7. The molecule has 0 amide bonds. The van der Waals surface area contributed by atoms with E-state index in [-0.39, 0.29) is 5.56 Å². The van der Waals surface area contributed by atoms with E-state index in [1.54, 1.807) is 11.6 Å². The van der Waals surface area contributed by atoms with Gasteiger partial charge in [0.15, 0.2) is 0 Å². The Kier molecular flexibility index (Phi) is 3.95. The molecule has 0 saturated carbocycles. The van der Waals surface area contributed by atoms with Crippen LogP contribution in [0.5, 0.6) is 5.75 Å². The number of methoxy groups -OCH3 is 1. The third-order valence-electron chi connectivity index (χ3n) is 4.98. The summed E-state index contributed by atoms with van der Waals surface area (Å²) in [6.45, 7) is 3.84. The number of rotatable bonds is 3. The standard InChI is InChI=1S/C19H22N4O2/c1-13-11-18-19(24)20-17(12-23(18)21-13)14-7-9-22(10-8-14)15-3-5-16(25-2)6-4-15/h3-6,11-12,14H,7-10H2,1-2H3,(H,20,24). The number of nitrogens with zero attached hydrogens (tertiary/aromatic N) is 3. The van der Waals surface area contributed by atoms with Gasteiger partial charge in [0.05, 0.1) is 12.8 Å². The maximum absolute atomic E-state index is 12.3. The van der Waals surface area contributed by atoms with Gasteiger partial charge in [0.1, 0.15) is 11.3 Å². The van der Waals surface area contributed by atoms with Crippen molar-refractivity contribution in [2.24, 2.45) is 0 Å². The minimum absolute atomic E-state index is 0.0596. The van der Waals surface area contributed by atoms with Gasteiger partial charge in [0.25, 0.3) is 5.56 Å². The topological polar surface area (TPSA) is 62.6 Å². The first-order valence-electron chi connectivity index (χ1n) is 8.62. The lowest BCUT2D eigenvalue weighted by Gasteiger charge is -2.33. The Morgan fingerprint density at radius 2 is 1.92 bits per heavy atom. The molecular weight excluding hydrogens is 316 g/mol. The molecule has 0 spiro atoms. The van der Waals surface area contributed by atoms with Crippen molar-refractivity contribution in [3.05, 3.63) is 58.3 Å². The fourth-order valence-electron chi connectivity index (χ4n) is 3.59. The van der Waals surface area contributed by atoms with Crippen molar-refractivity contribution in [1.29, 1.82) is 0 Å². The summed E-state index contributed by atoms with van der Waals surface area (Å²) >= 11 is 0. The lowest BCUT2D eigenvalue weighted by Crippen LogP contribution is -2.33. The first-order valence-corrected chi connectivity index (χ1v) is 8.62. The molecule has 3 heterocycles. The molecule has 1 aliphatic rings. The molecule has 1 aliphatic heterocycles. The Hall–Kier alpha value is -2.76. The molecule has 0 unspecified atom stereocenters. The number of hydrogen-bond donors (Lipinski definition) is 1. The maximum Gasteiger partial charge on any atom is 0.274 e. The van der Waals surface area contributed by atoms with Crippen molar-refractivity contribution < 1.29 is 4.74 Å². The van der Waals surface area contributed by atoms with Crippen LogP contribution < -0.4 is 15.2 Å². The molecule has 3 aromatic rings. The van der Waals surface area contributed by atoms with Crippen LogP contribution >= 0.6 is 0 Å². The molecule has 1 N–H and O–H groups in total. The number of H-pyrrole nitrogens is 1. The monoisotopic (exact) mass is 338 g/mol. The van der Waals surface area contributed by atoms with E-state index >= 15 is 0 Å². The smallest absolute Gasteiger partial charge is 0.274 e. The molecule has 6 nitrogen and oxygen atoms in total. The number of anilines is 1. The van der Waals surface area contributed by atoms with Crippen LogP contribution in [0.4, 0.5) is 5.69 Å². The summed E-state index contributed by atoms with van der Waals surface area (Å²) < 4.78 is 6.93. The zero-order valence-electron chi connectivity index (χ0n) is 14.5. The molecular formula is C19H22N4O2. The van der Waals surface area contributed by atoms with E-state index in [4.69, 9.17) is 4.74 Å². The molecule has 0 atom stereocenters. The van der Waals surface area contributed by atoms with E-state index < -0.39 is 0 Å². The van der Waals surface area contributed by atoms with Crippen LogP contribution in [-0.2, 0) is 0 Å². The second kappa shape index (κ2) is 6.27. The second-order valence-corrected chi connectivity index (χ2v) is 6.61. The van der Waals surface area contributed by atoms with Gasteiger partial charge in [-0.3, -0.25) is 4.79 Å². The number of fused-ring (bicyclic) bond motifs is 1. The SMILES string of the molecule is COc1ccc(N2CCC(c3cn4nc(C)cc4c(=O)[nH]3)CC2)cc1. The first kappa shape index (κ1) is 15.7. The quantitative estimate of drug-likeness (QED) is 0.798. The van der Waals surface area contributed by atoms with Crippen LogP contribution in [0.25, 0.3) is 5.52 Å². The fourth-order valence-corrected chi connectivity index (χ4v) is 3.59. The minimum Gasteiger partial charge on any atom is -0.497 e. The minimum atomic E-state index is -0.0596. The Morgan fingerprint density at radius 3 is 2.60 bits per heavy atom. The third kappa shape index (κ3) is 2.99. The molecule has 6 heteroatoms. The summed E-state index contributed by atoms with van der Waals surface area (Å²) in [5.74, 6) is 1.23. The highest BCUT2D eigenvalue weighted by molar-refractivity contribution is 5.50. The van der Waals surface area contributed by atoms with Crippen LogP contribution in [0.1, 0.15) is 30.1 Å². The highest BCUT2D eigenvalue weighted by Gasteiger charge is 2.22. The molecule has 4 rings (SSSR count). The van der Waals surface area contributed by atoms with E-state index in [0.29, 0.717) is 11.4 Å². The lowest BCUT2D eigenvalue weighted by atomic mass is 9.93. The highest BCUT2D eigenvalue weighted by atomic mass is 16.5. The van der Waals surface area contributed by atoms with E-state index in [9.17, 15) is 4.79 Å². The number of aromatic nitrogens is 3. The van der Waals surface area contributed by atoms with Crippen LogP contribution in [0.3, 0.4) is 0 Å². The summed E-state index contributed by atoms with van der Waals surface area (Å²) in [5, 5.41) is 4.38. The number of hydrogen-bond acceptors (Lipinski definition) is 4. The van der Waals surface area contributed by atoms with Crippen molar-refractivity contribution in [3.8, 4) is 5.75 Å². The maximum atomic E-state index is 12.3. The van der Waals surface area contributed by atoms with Gasteiger partial charge in [0.2, 0.25) is 0 Å². The lowest BCUT2D eigenvalue weighted by molar-refractivity contribution is 0.414. The van der Waals surface area contributed by atoms with E-state index in [0.717, 1.165) is 43.1 Å². The van der Waals surface area contributed by atoms with Gasteiger partial charge >= 0.3 is 0 Å². The van der Waals surface area contributed by atoms with Gasteiger partial charge in [-0.15, -0.1) is 0 Å². The average molecular weight is 338 g/mol. The van der Waals surface area contributed by atoms with Crippen LogP contribution in [0.2, 0.25) is 0 Å². The fraction of sp³-hybridized carbons (Fsp3) is 0.368. The van der Waals surface area contributed by atoms with Crippen molar-refractivity contribution in [3.63, 3.8) is 0 Å². The molecule has 0 aliphatic carbocycles. The molecule has 2 aromatic heterocycles. The molecule has 25 heavy (non-hydrogen) atoms. The number of nitrogens with one attached hydrogen (secondary N) is 1.